The van der Waals surface area contributed by atoms with Gasteiger partial charge in [0, 0.05) is 32.2 Å². The van der Waals surface area contributed by atoms with Crippen LogP contribution in [0.3, 0.4) is 0 Å². The molecular formula is C19H35NO3. The van der Waals surface area contributed by atoms with Crippen LogP contribution in [0.2, 0.25) is 0 Å². The quantitative estimate of drug-likeness (QED) is 0.429. The van der Waals surface area contributed by atoms with Crippen molar-refractivity contribution in [3.63, 3.8) is 0 Å². The van der Waals surface area contributed by atoms with Crippen molar-refractivity contribution in [2.24, 2.45) is 0 Å². The van der Waals surface area contributed by atoms with Crippen LogP contribution < -0.4 is 5.32 Å². The summed E-state index contributed by atoms with van der Waals surface area (Å²) < 4.78 is 0. The second kappa shape index (κ2) is 15.7. The first-order valence-corrected chi connectivity index (χ1v) is 9.34. The first-order valence-electron chi connectivity index (χ1n) is 9.34. The number of carbonyl (C=O) groups excluding carboxylic acids is 3. The highest BCUT2D eigenvalue weighted by Crippen LogP contribution is 2.08. The highest BCUT2D eigenvalue weighted by molar-refractivity contribution is 5.84. The molecule has 4 nitrogen and oxygen atoms in total. The Morgan fingerprint density at radius 3 is 1.96 bits per heavy atom. The van der Waals surface area contributed by atoms with Crippen molar-refractivity contribution < 1.29 is 14.4 Å². The normalized spacial score (nSPS) is 10.5. The van der Waals surface area contributed by atoms with Crippen molar-refractivity contribution in [2.45, 2.75) is 97.3 Å². The van der Waals surface area contributed by atoms with E-state index in [-0.39, 0.29) is 17.5 Å². The fourth-order valence-corrected chi connectivity index (χ4v) is 2.47. The first-order chi connectivity index (χ1) is 11.1. The molecule has 0 saturated heterocycles. The summed E-state index contributed by atoms with van der Waals surface area (Å²) in [5, 5.41) is 2.89. The van der Waals surface area contributed by atoms with E-state index in [9.17, 15) is 14.4 Å². The molecule has 0 aromatic heterocycles. The van der Waals surface area contributed by atoms with Crippen molar-refractivity contribution in [3.8, 4) is 0 Å². The molecule has 23 heavy (non-hydrogen) atoms. The van der Waals surface area contributed by atoms with Crippen LogP contribution in [0.15, 0.2) is 0 Å². The van der Waals surface area contributed by atoms with Gasteiger partial charge < -0.3 is 10.1 Å². The van der Waals surface area contributed by atoms with Gasteiger partial charge in [-0.15, -0.1) is 0 Å². The maximum Gasteiger partial charge on any atom is 0.220 e. The summed E-state index contributed by atoms with van der Waals surface area (Å²) in [7, 11) is 0. The van der Waals surface area contributed by atoms with Crippen LogP contribution in [0.1, 0.15) is 97.3 Å². The average Bonchev–Trinajstić information content (AvgIpc) is 2.51. The molecule has 0 heterocycles. The Bertz CT molecular complexity index is 340. The average molecular weight is 325 g/mol. The van der Waals surface area contributed by atoms with Gasteiger partial charge in [-0.25, -0.2) is 0 Å². The Balaban J connectivity index is 3.39. The molecule has 0 rings (SSSR count). The zero-order valence-corrected chi connectivity index (χ0v) is 15.1. The number of Topliss-reactive ketones (excluding diaryl/α,β-unsaturated/α-hetero) is 2. The molecule has 0 aliphatic carbocycles. The van der Waals surface area contributed by atoms with Gasteiger partial charge in [0.25, 0.3) is 0 Å². The second-order valence-corrected chi connectivity index (χ2v) is 6.42. The minimum absolute atomic E-state index is 0.00435. The summed E-state index contributed by atoms with van der Waals surface area (Å²) >= 11 is 0. The molecule has 1 amide bonds. The van der Waals surface area contributed by atoms with E-state index in [1.54, 1.807) is 6.92 Å². The third kappa shape index (κ3) is 17.0. The number of amides is 1. The van der Waals surface area contributed by atoms with Gasteiger partial charge in [-0.3, -0.25) is 9.59 Å². The predicted octanol–water partition coefficient (Wildman–Crippen LogP) is 4.35. The lowest BCUT2D eigenvalue weighted by molar-refractivity contribution is -0.125. The van der Waals surface area contributed by atoms with E-state index >= 15 is 0 Å². The fourth-order valence-electron chi connectivity index (χ4n) is 2.47. The number of nitrogens with one attached hydrogen (secondary N) is 1. The van der Waals surface area contributed by atoms with Crippen molar-refractivity contribution in [1.29, 1.82) is 0 Å². The number of hydrogen-bond donors (Lipinski definition) is 1. The first kappa shape index (κ1) is 21.8. The number of ketones is 2. The maximum absolute atomic E-state index is 11.7. The Kier molecular flexibility index (Phi) is 14.9. The van der Waals surface area contributed by atoms with E-state index in [0.717, 1.165) is 45.1 Å². The fraction of sp³-hybridized carbons (Fsp3) is 0.842. The lowest BCUT2D eigenvalue weighted by Crippen LogP contribution is -2.24. The molecule has 0 aromatic carbocycles. The zero-order valence-electron chi connectivity index (χ0n) is 15.1. The molecule has 0 radical (unpaired) electrons. The van der Waals surface area contributed by atoms with Gasteiger partial charge >= 0.3 is 0 Å². The van der Waals surface area contributed by atoms with E-state index in [1.165, 1.54) is 19.3 Å². The summed E-state index contributed by atoms with van der Waals surface area (Å²) in [5.74, 6) is 0.405. The van der Waals surface area contributed by atoms with Gasteiger partial charge in [-0.05, 0) is 26.2 Å². The largest absolute Gasteiger partial charge is 0.356 e. The van der Waals surface area contributed by atoms with Crippen LogP contribution in [0.5, 0.6) is 0 Å². The molecular weight excluding hydrogens is 290 g/mol. The molecule has 0 saturated carbocycles. The summed E-state index contributed by atoms with van der Waals surface area (Å²) in [5.41, 5.74) is 0. The molecule has 4 heteroatoms. The van der Waals surface area contributed by atoms with E-state index in [2.05, 4.69) is 12.2 Å². The van der Waals surface area contributed by atoms with Crippen molar-refractivity contribution in [3.05, 3.63) is 0 Å². The van der Waals surface area contributed by atoms with Crippen molar-refractivity contribution in [2.75, 3.05) is 6.54 Å². The van der Waals surface area contributed by atoms with Crippen LogP contribution in [-0.2, 0) is 14.4 Å². The van der Waals surface area contributed by atoms with Gasteiger partial charge in [0.05, 0.1) is 0 Å². The monoisotopic (exact) mass is 325 g/mol. The van der Waals surface area contributed by atoms with Crippen molar-refractivity contribution >= 4 is 17.5 Å². The van der Waals surface area contributed by atoms with Crippen LogP contribution >= 0.6 is 0 Å². The number of unbranched alkanes of at least 4 members (excludes halogenated alkanes) is 7. The molecule has 1 N–H and O–H groups in total. The molecule has 134 valence electrons. The van der Waals surface area contributed by atoms with Crippen molar-refractivity contribution in [1.82, 2.24) is 5.32 Å². The topological polar surface area (TPSA) is 63.2 Å². The Labute approximate surface area is 141 Å². The molecule has 0 bridgehead atoms. The zero-order chi connectivity index (χ0) is 17.3. The van der Waals surface area contributed by atoms with Gasteiger partial charge in [0.15, 0.2) is 0 Å². The molecule has 0 atom stereocenters. The van der Waals surface area contributed by atoms with Crippen LogP contribution in [0, 0.1) is 0 Å². The number of rotatable bonds is 16. The lowest BCUT2D eigenvalue weighted by atomic mass is 10.1. The van der Waals surface area contributed by atoms with Crippen LogP contribution in [0.25, 0.3) is 0 Å². The third-order valence-corrected chi connectivity index (χ3v) is 3.97. The van der Waals surface area contributed by atoms with E-state index < -0.39 is 0 Å². The molecule has 0 spiro atoms. The lowest BCUT2D eigenvalue weighted by Gasteiger charge is -2.05. The summed E-state index contributed by atoms with van der Waals surface area (Å²) in [6.07, 6.45) is 11.6. The molecule has 0 aromatic rings. The smallest absolute Gasteiger partial charge is 0.220 e. The molecule has 0 fully saturated rings. The minimum Gasteiger partial charge on any atom is -0.356 e. The Hall–Kier alpha value is -1.19. The second-order valence-electron chi connectivity index (χ2n) is 6.42. The van der Waals surface area contributed by atoms with E-state index in [1.807, 2.05) is 0 Å². The standard InChI is InChI=1S/C19H35NO3/c1-3-4-5-8-11-16-20-19(23)15-14-18(22)13-10-7-6-9-12-17(2)21/h3-16H2,1-2H3,(H,20,23). The highest BCUT2D eigenvalue weighted by atomic mass is 16.2. The van der Waals surface area contributed by atoms with E-state index in [4.69, 9.17) is 0 Å². The summed E-state index contributed by atoms with van der Waals surface area (Å²) in [6, 6.07) is 0. The van der Waals surface area contributed by atoms with Gasteiger partial charge in [0.1, 0.15) is 11.6 Å². The molecule has 0 unspecified atom stereocenters. The summed E-state index contributed by atoms with van der Waals surface area (Å²) in [4.78, 5) is 34.1. The predicted molar refractivity (Wildman–Crippen MR) is 94.4 cm³/mol. The Morgan fingerprint density at radius 1 is 0.696 bits per heavy atom. The number of hydrogen-bond acceptors (Lipinski definition) is 3. The van der Waals surface area contributed by atoms with Gasteiger partial charge in [0.2, 0.25) is 5.91 Å². The molecule has 0 aliphatic heterocycles. The van der Waals surface area contributed by atoms with Crippen LogP contribution in [-0.4, -0.2) is 24.0 Å². The highest BCUT2D eigenvalue weighted by Gasteiger charge is 2.06. The summed E-state index contributed by atoms with van der Waals surface area (Å²) in [6.45, 7) is 4.53. The van der Waals surface area contributed by atoms with Gasteiger partial charge in [-0.1, -0.05) is 45.4 Å². The van der Waals surface area contributed by atoms with E-state index in [0.29, 0.717) is 25.7 Å². The van der Waals surface area contributed by atoms with Gasteiger partial charge in [-0.2, -0.15) is 0 Å². The van der Waals surface area contributed by atoms with Crippen LogP contribution in [0.4, 0.5) is 0 Å². The minimum atomic E-state index is -0.00435. The SMILES string of the molecule is CCCCCCCNC(=O)CCC(=O)CCCCCCC(C)=O. The third-order valence-electron chi connectivity index (χ3n) is 3.97. The molecule has 0 aliphatic rings. The Morgan fingerprint density at radius 2 is 1.30 bits per heavy atom. The maximum atomic E-state index is 11.7. The number of carbonyl (C=O) groups is 3.